The summed E-state index contributed by atoms with van der Waals surface area (Å²) in [6.45, 7) is 1.47. The predicted octanol–water partition coefficient (Wildman–Crippen LogP) is 4.05. The van der Waals surface area contributed by atoms with E-state index in [1.165, 1.54) is 24.3 Å². The van der Waals surface area contributed by atoms with E-state index in [1.807, 2.05) is 0 Å². The third-order valence-corrected chi connectivity index (χ3v) is 3.40. The van der Waals surface area contributed by atoms with Crippen LogP contribution in [0.5, 0.6) is 5.75 Å². The SMILES string of the molecule is C/C(=N\NC(=O)COc1ccc(F)cc1)c1ccc(Cl)cc1Cl. The number of halogens is 3. The van der Waals surface area contributed by atoms with Crippen LogP contribution in [0, 0.1) is 5.82 Å². The van der Waals surface area contributed by atoms with Crippen molar-refractivity contribution in [2.45, 2.75) is 6.92 Å². The monoisotopic (exact) mass is 354 g/mol. The summed E-state index contributed by atoms with van der Waals surface area (Å²) in [7, 11) is 0. The summed E-state index contributed by atoms with van der Waals surface area (Å²) in [5.74, 6) is -0.427. The van der Waals surface area contributed by atoms with Crippen LogP contribution < -0.4 is 10.2 Å². The van der Waals surface area contributed by atoms with Crippen molar-refractivity contribution < 1.29 is 13.9 Å². The van der Waals surface area contributed by atoms with Crippen LogP contribution in [0.4, 0.5) is 4.39 Å². The molecule has 0 aliphatic carbocycles. The lowest BCUT2D eigenvalue weighted by Gasteiger charge is -2.07. The average Bonchev–Trinajstić information content (AvgIpc) is 2.52. The lowest BCUT2D eigenvalue weighted by molar-refractivity contribution is -0.123. The molecule has 0 aromatic heterocycles. The maximum atomic E-state index is 12.7. The highest BCUT2D eigenvalue weighted by molar-refractivity contribution is 6.37. The van der Waals surface area contributed by atoms with Gasteiger partial charge in [0.2, 0.25) is 0 Å². The molecular weight excluding hydrogens is 342 g/mol. The van der Waals surface area contributed by atoms with Gasteiger partial charge in [0.05, 0.1) is 10.7 Å². The first kappa shape index (κ1) is 17.2. The molecule has 0 fully saturated rings. The topological polar surface area (TPSA) is 50.7 Å². The van der Waals surface area contributed by atoms with E-state index in [0.717, 1.165) is 0 Å². The highest BCUT2D eigenvalue weighted by Crippen LogP contribution is 2.21. The smallest absolute Gasteiger partial charge is 0.277 e. The van der Waals surface area contributed by atoms with Crippen LogP contribution in [0.1, 0.15) is 12.5 Å². The molecule has 1 amide bonds. The Bertz CT molecular complexity index is 733. The lowest BCUT2D eigenvalue weighted by atomic mass is 10.1. The molecule has 1 N–H and O–H groups in total. The van der Waals surface area contributed by atoms with Gasteiger partial charge in [-0.1, -0.05) is 29.3 Å². The second kappa shape index (κ2) is 7.94. The van der Waals surface area contributed by atoms with Gasteiger partial charge in [-0.05, 0) is 43.3 Å². The first-order chi connectivity index (χ1) is 11.0. The van der Waals surface area contributed by atoms with Crippen LogP contribution >= 0.6 is 23.2 Å². The van der Waals surface area contributed by atoms with E-state index in [-0.39, 0.29) is 12.4 Å². The van der Waals surface area contributed by atoms with Gasteiger partial charge in [0, 0.05) is 10.6 Å². The van der Waals surface area contributed by atoms with Crippen LogP contribution in [0.2, 0.25) is 10.0 Å². The largest absolute Gasteiger partial charge is 0.484 e. The van der Waals surface area contributed by atoms with Gasteiger partial charge in [-0.3, -0.25) is 4.79 Å². The third-order valence-electron chi connectivity index (χ3n) is 2.85. The zero-order valence-electron chi connectivity index (χ0n) is 12.1. The summed E-state index contributed by atoms with van der Waals surface area (Å²) in [4.78, 5) is 11.7. The molecule has 2 aromatic rings. The summed E-state index contributed by atoms with van der Waals surface area (Å²) in [6, 6.07) is 10.4. The zero-order valence-corrected chi connectivity index (χ0v) is 13.7. The minimum atomic E-state index is -0.446. The molecule has 0 atom stereocenters. The highest BCUT2D eigenvalue weighted by atomic mass is 35.5. The average molecular weight is 355 g/mol. The van der Waals surface area contributed by atoms with Crippen LogP contribution in [-0.4, -0.2) is 18.2 Å². The normalized spacial score (nSPS) is 11.2. The minimum Gasteiger partial charge on any atom is -0.484 e. The highest BCUT2D eigenvalue weighted by Gasteiger charge is 2.06. The quantitative estimate of drug-likeness (QED) is 0.650. The van der Waals surface area contributed by atoms with E-state index in [9.17, 15) is 9.18 Å². The molecule has 2 rings (SSSR count). The number of nitrogens with one attached hydrogen (secondary N) is 1. The van der Waals surface area contributed by atoms with Crippen molar-refractivity contribution >= 4 is 34.8 Å². The Hall–Kier alpha value is -2.11. The number of nitrogens with zero attached hydrogens (tertiary/aromatic N) is 1. The Kier molecular flexibility index (Phi) is 5.96. The molecule has 0 bridgehead atoms. The number of hydrogen-bond acceptors (Lipinski definition) is 3. The van der Waals surface area contributed by atoms with Crippen LogP contribution in [0.3, 0.4) is 0 Å². The van der Waals surface area contributed by atoms with E-state index in [2.05, 4.69) is 10.5 Å². The molecule has 23 heavy (non-hydrogen) atoms. The van der Waals surface area contributed by atoms with Crippen molar-refractivity contribution in [2.24, 2.45) is 5.10 Å². The van der Waals surface area contributed by atoms with E-state index in [0.29, 0.717) is 27.1 Å². The first-order valence-electron chi connectivity index (χ1n) is 6.62. The van der Waals surface area contributed by atoms with E-state index < -0.39 is 5.91 Å². The molecule has 0 aliphatic heterocycles. The maximum Gasteiger partial charge on any atom is 0.277 e. The van der Waals surface area contributed by atoms with Crippen molar-refractivity contribution in [2.75, 3.05) is 6.61 Å². The Morgan fingerprint density at radius 1 is 1.22 bits per heavy atom. The van der Waals surface area contributed by atoms with Crippen molar-refractivity contribution in [1.82, 2.24) is 5.43 Å². The van der Waals surface area contributed by atoms with E-state index in [4.69, 9.17) is 27.9 Å². The zero-order chi connectivity index (χ0) is 16.8. The lowest BCUT2D eigenvalue weighted by Crippen LogP contribution is -2.25. The fourth-order valence-corrected chi connectivity index (χ4v) is 2.25. The molecule has 0 saturated carbocycles. The molecule has 0 heterocycles. The molecule has 0 aliphatic rings. The second-order valence-electron chi connectivity index (χ2n) is 4.60. The number of amides is 1. The third kappa shape index (κ3) is 5.23. The van der Waals surface area contributed by atoms with Crippen LogP contribution in [0.15, 0.2) is 47.6 Å². The molecule has 0 spiro atoms. The van der Waals surface area contributed by atoms with Crippen molar-refractivity contribution in [1.29, 1.82) is 0 Å². The molecule has 4 nitrogen and oxygen atoms in total. The first-order valence-corrected chi connectivity index (χ1v) is 7.38. The number of ether oxygens (including phenoxy) is 1. The second-order valence-corrected chi connectivity index (χ2v) is 5.44. The summed E-state index contributed by atoms with van der Waals surface area (Å²) < 4.78 is 18.0. The Morgan fingerprint density at radius 3 is 2.57 bits per heavy atom. The van der Waals surface area contributed by atoms with Gasteiger partial charge < -0.3 is 4.74 Å². The van der Waals surface area contributed by atoms with Crippen molar-refractivity contribution in [3.63, 3.8) is 0 Å². The summed E-state index contributed by atoms with van der Waals surface area (Å²) in [5.41, 5.74) is 3.55. The maximum absolute atomic E-state index is 12.7. The van der Waals surface area contributed by atoms with Gasteiger partial charge in [0.15, 0.2) is 6.61 Å². The molecule has 120 valence electrons. The Morgan fingerprint density at radius 2 is 1.91 bits per heavy atom. The minimum absolute atomic E-state index is 0.239. The molecule has 2 aromatic carbocycles. The van der Waals surface area contributed by atoms with Gasteiger partial charge in [0.1, 0.15) is 11.6 Å². The Labute approximate surface area is 142 Å². The fourth-order valence-electron chi connectivity index (χ4n) is 1.70. The predicted molar refractivity (Wildman–Crippen MR) is 88.7 cm³/mol. The van der Waals surface area contributed by atoms with Crippen LogP contribution in [0.25, 0.3) is 0 Å². The van der Waals surface area contributed by atoms with Gasteiger partial charge in [-0.15, -0.1) is 0 Å². The van der Waals surface area contributed by atoms with Crippen LogP contribution in [-0.2, 0) is 4.79 Å². The number of hydrazone groups is 1. The van der Waals surface area contributed by atoms with E-state index >= 15 is 0 Å². The molecule has 0 saturated heterocycles. The summed E-state index contributed by atoms with van der Waals surface area (Å²) in [5, 5.41) is 4.92. The number of hydrogen-bond donors (Lipinski definition) is 1. The van der Waals surface area contributed by atoms with Gasteiger partial charge in [-0.25, -0.2) is 9.82 Å². The van der Waals surface area contributed by atoms with Crippen molar-refractivity contribution in [3.05, 3.63) is 63.9 Å². The number of rotatable bonds is 5. The number of carbonyl (C=O) groups is 1. The van der Waals surface area contributed by atoms with Gasteiger partial charge >= 0.3 is 0 Å². The molecule has 7 heteroatoms. The summed E-state index contributed by atoms with van der Waals surface area (Å²) >= 11 is 11.9. The Balaban J connectivity index is 1.90. The van der Waals surface area contributed by atoms with Gasteiger partial charge in [-0.2, -0.15) is 5.10 Å². The number of benzene rings is 2. The summed E-state index contributed by atoms with van der Waals surface area (Å²) in [6.07, 6.45) is 0. The van der Waals surface area contributed by atoms with Gasteiger partial charge in [0.25, 0.3) is 5.91 Å². The fraction of sp³-hybridized carbons (Fsp3) is 0.125. The van der Waals surface area contributed by atoms with E-state index in [1.54, 1.807) is 25.1 Å². The molecular formula is C16H13Cl2FN2O2. The van der Waals surface area contributed by atoms with Crippen molar-refractivity contribution in [3.8, 4) is 5.75 Å². The molecule has 0 unspecified atom stereocenters. The molecule has 0 radical (unpaired) electrons. The standard InChI is InChI=1S/C16H13Cl2FN2O2/c1-10(14-7-2-11(17)8-15(14)18)20-21-16(22)9-23-13-5-3-12(19)4-6-13/h2-8H,9H2,1H3,(H,21,22)/b20-10+. The number of carbonyl (C=O) groups excluding carboxylic acids is 1.